The van der Waals surface area contributed by atoms with Crippen LogP contribution < -0.4 is 5.32 Å². The molecule has 0 saturated heterocycles. The van der Waals surface area contributed by atoms with Crippen LogP contribution in [0.3, 0.4) is 0 Å². The minimum atomic E-state index is 0.333. The Morgan fingerprint density at radius 1 is 1.25 bits per heavy atom. The van der Waals surface area contributed by atoms with Gasteiger partial charge in [0.1, 0.15) is 0 Å². The van der Waals surface area contributed by atoms with Crippen LogP contribution in [0.25, 0.3) is 0 Å². The largest absolute Gasteiger partial charge is 0.316 e. The lowest BCUT2D eigenvalue weighted by Crippen LogP contribution is -2.42. The van der Waals surface area contributed by atoms with E-state index in [-0.39, 0.29) is 0 Å². The molecule has 1 rings (SSSR count). The van der Waals surface area contributed by atoms with Crippen LogP contribution in [0.1, 0.15) is 46.2 Å². The molecule has 0 radical (unpaired) electrons. The summed E-state index contributed by atoms with van der Waals surface area (Å²) in [5, 5.41) is 3.58. The van der Waals surface area contributed by atoms with Crippen molar-refractivity contribution in [3.63, 3.8) is 0 Å². The van der Waals surface area contributed by atoms with E-state index in [0.29, 0.717) is 5.41 Å². The zero-order valence-electron chi connectivity index (χ0n) is 13.7. The zero-order chi connectivity index (χ0) is 14.8. The summed E-state index contributed by atoms with van der Waals surface area (Å²) in [4.78, 5) is 6.94. The first-order valence-electron chi connectivity index (χ1n) is 7.96. The molecule has 1 aromatic rings. The molecule has 0 aliphatic carbocycles. The van der Waals surface area contributed by atoms with Crippen LogP contribution in [-0.2, 0) is 6.54 Å². The van der Waals surface area contributed by atoms with Crippen molar-refractivity contribution in [1.29, 1.82) is 0 Å². The minimum absolute atomic E-state index is 0.333. The third-order valence-corrected chi connectivity index (χ3v) is 4.00. The molecule has 20 heavy (non-hydrogen) atoms. The van der Waals surface area contributed by atoms with Crippen molar-refractivity contribution in [3.8, 4) is 0 Å². The van der Waals surface area contributed by atoms with E-state index in [1.807, 2.05) is 12.3 Å². The van der Waals surface area contributed by atoms with Crippen LogP contribution in [0.4, 0.5) is 0 Å². The summed E-state index contributed by atoms with van der Waals surface area (Å²) in [7, 11) is 0. The molecule has 1 N–H and O–H groups in total. The number of aromatic nitrogens is 1. The molecule has 3 nitrogen and oxygen atoms in total. The maximum absolute atomic E-state index is 4.44. The average Bonchev–Trinajstić information content (AvgIpc) is 2.48. The third-order valence-electron chi connectivity index (χ3n) is 4.00. The van der Waals surface area contributed by atoms with E-state index < -0.39 is 0 Å². The second-order valence-electron chi connectivity index (χ2n) is 5.97. The number of nitrogens with zero attached hydrogens (tertiary/aromatic N) is 2. The van der Waals surface area contributed by atoms with Gasteiger partial charge in [0.15, 0.2) is 0 Å². The Labute approximate surface area is 124 Å². The SMILES string of the molecule is CCCNCC(C)(CC)CN(CC)Cc1ccccn1. The minimum Gasteiger partial charge on any atom is -0.316 e. The lowest BCUT2D eigenvalue weighted by Gasteiger charge is -2.34. The van der Waals surface area contributed by atoms with Gasteiger partial charge in [0.25, 0.3) is 0 Å². The normalized spacial score (nSPS) is 14.4. The fourth-order valence-corrected chi connectivity index (χ4v) is 2.40. The molecule has 1 unspecified atom stereocenters. The van der Waals surface area contributed by atoms with Gasteiger partial charge in [0, 0.05) is 25.8 Å². The molecule has 1 heterocycles. The Morgan fingerprint density at radius 2 is 2.05 bits per heavy atom. The highest BCUT2D eigenvalue weighted by Gasteiger charge is 2.24. The topological polar surface area (TPSA) is 28.2 Å². The monoisotopic (exact) mass is 277 g/mol. The number of pyridine rings is 1. The Morgan fingerprint density at radius 3 is 2.60 bits per heavy atom. The van der Waals surface area contributed by atoms with E-state index in [9.17, 15) is 0 Å². The predicted octanol–water partition coefficient (Wildman–Crippen LogP) is 3.32. The van der Waals surface area contributed by atoms with Gasteiger partial charge in [0.2, 0.25) is 0 Å². The lowest BCUT2D eigenvalue weighted by atomic mass is 9.86. The van der Waals surface area contributed by atoms with Crippen LogP contribution in [-0.4, -0.2) is 36.1 Å². The van der Waals surface area contributed by atoms with Crippen LogP contribution in [0.15, 0.2) is 24.4 Å². The van der Waals surface area contributed by atoms with Crippen LogP contribution in [0, 0.1) is 5.41 Å². The van der Waals surface area contributed by atoms with E-state index in [0.717, 1.165) is 38.4 Å². The Kier molecular flexibility index (Phi) is 7.78. The van der Waals surface area contributed by atoms with Crippen molar-refractivity contribution in [1.82, 2.24) is 15.2 Å². The molecule has 0 saturated carbocycles. The van der Waals surface area contributed by atoms with E-state index in [1.54, 1.807) is 0 Å². The van der Waals surface area contributed by atoms with Gasteiger partial charge in [0.05, 0.1) is 5.69 Å². The van der Waals surface area contributed by atoms with Gasteiger partial charge in [-0.15, -0.1) is 0 Å². The van der Waals surface area contributed by atoms with Crippen molar-refractivity contribution >= 4 is 0 Å². The molecule has 0 aromatic carbocycles. The summed E-state index contributed by atoms with van der Waals surface area (Å²) in [6.45, 7) is 14.5. The van der Waals surface area contributed by atoms with E-state index >= 15 is 0 Å². The second kappa shape index (κ2) is 9.09. The summed E-state index contributed by atoms with van der Waals surface area (Å²) in [6.07, 6.45) is 4.28. The highest BCUT2D eigenvalue weighted by molar-refractivity contribution is 5.03. The quantitative estimate of drug-likeness (QED) is 0.665. The maximum Gasteiger partial charge on any atom is 0.0543 e. The highest BCUT2D eigenvalue weighted by Crippen LogP contribution is 2.22. The molecule has 1 atom stereocenters. The molecule has 1 aromatic heterocycles. The van der Waals surface area contributed by atoms with Crippen LogP contribution >= 0.6 is 0 Å². The van der Waals surface area contributed by atoms with Crippen molar-refractivity contribution < 1.29 is 0 Å². The van der Waals surface area contributed by atoms with Gasteiger partial charge in [-0.25, -0.2) is 0 Å². The standard InChI is InChI=1S/C17H31N3/c1-5-11-18-14-17(4,6-2)15-20(7-3)13-16-10-8-9-12-19-16/h8-10,12,18H,5-7,11,13-15H2,1-4H3. The Balaban J connectivity index is 2.55. The summed E-state index contributed by atoms with van der Waals surface area (Å²) < 4.78 is 0. The van der Waals surface area contributed by atoms with E-state index in [1.165, 1.54) is 12.8 Å². The lowest BCUT2D eigenvalue weighted by molar-refractivity contribution is 0.153. The van der Waals surface area contributed by atoms with Gasteiger partial charge in [-0.3, -0.25) is 9.88 Å². The van der Waals surface area contributed by atoms with Gasteiger partial charge in [-0.2, -0.15) is 0 Å². The van der Waals surface area contributed by atoms with Gasteiger partial charge < -0.3 is 5.32 Å². The molecular formula is C17H31N3. The molecule has 0 aliphatic heterocycles. The summed E-state index contributed by atoms with van der Waals surface area (Å²) in [5.74, 6) is 0. The van der Waals surface area contributed by atoms with Crippen molar-refractivity contribution in [2.45, 2.75) is 47.1 Å². The van der Waals surface area contributed by atoms with E-state index in [4.69, 9.17) is 0 Å². The zero-order valence-corrected chi connectivity index (χ0v) is 13.7. The Bertz CT molecular complexity index is 353. The first-order chi connectivity index (χ1) is 9.63. The third kappa shape index (κ3) is 6.02. The first kappa shape index (κ1) is 17.1. The smallest absolute Gasteiger partial charge is 0.0543 e. The number of rotatable bonds is 10. The Hall–Kier alpha value is -0.930. The number of hydrogen-bond acceptors (Lipinski definition) is 3. The summed E-state index contributed by atoms with van der Waals surface area (Å²) >= 11 is 0. The average molecular weight is 277 g/mol. The molecule has 0 spiro atoms. The molecular weight excluding hydrogens is 246 g/mol. The molecule has 3 heteroatoms. The van der Waals surface area contributed by atoms with Crippen LogP contribution in [0.2, 0.25) is 0 Å². The molecule has 0 amide bonds. The molecule has 0 aliphatic rings. The fourth-order valence-electron chi connectivity index (χ4n) is 2.40. The number of nitrogens with one attached hydrogen (secondary N) is 1. The van der Waals surface area contributed by atoms with Crippen molar-refractivity contribution in [2.24, 2.45) is 5.41 Å². The summed E-state index contributed by atoms with van der Waals surface area (Å²) in [6, 6.07) is 6.16. The molecule has 0 bridgehead atoms. The molecule has 0 fully saturated rings. The van der Waals surface area contributed by atoms with E-state index in [2.05, 4.69) is 55.0 Å². The second-order valence-corrected chi connectivity index (χ2v) is 5.97. The van der Waals surface area contributed by atoms with Crippen molar-refractivity contribution in [3.05, 3.63) is 30.1 Å². The highest BCUT2D eigenvalue weighted by atomic mass is 15.1. The van der Waals surface area contributed by atoms with Gasteiger partial charge in [-0.1, -0.05) is 33.8 Å². The van der Waals surface area contributed by atoms with Gasteiger partial charge in [-0.05, 0) is 43.5 Å². The first-order valence-corrected chi connectivity index (χ1v) is 7.96. The van der Waals surface area contributed by atoms with Crippen LogP contribution in [0.5, 0.6) is 0 Å². The fraction of sp³-hybridized carbons (Fsp3) is 0.706. The maximum atomic E-state index is 4.44. The molecule has 114 valence electrons. The van der Waals surface area contributed by atoms with Crippen molar-refractivity contribution in [2.75, 3.05) is 26.2 Å². The van der Waals surface area contributed by atoms with Gasteiger partial charge >= 0.3 is 0 Å². The predicted molar refractivity (Wildman–Crippen MR) is 86.7 cm³/mol. The summed E-state index contributed by atoms with van der Waals surface area (Å²) in [5.41, 5.74) is 1.49. The number of hydrogen-bond donors (Lipinski definition) is 1.